The smallest absolute Gasteiger partial charge is 0.124 e. The van der Waals surface area contributed by atoms with Crippen LogP contribution < -0.4 is 10.1 Å². The van der Waals surface area contributed by atoms with Gasteiger partial charge in [0.25, 0.3) is 0 Å². The van der Waals surface area contributed by atoms with Crippen LogP contribution in [0.25, 0.3) is 0 Å². The zero-order chi connectivity index (χ0) is 15.3. The van der Waals surface area contributed by atoms with Gasteiger partial charge in [0.15, 0.2) is 0 Å². The summed E-state index contributed by atoms with van der Waals surface area (Å²) >= 11 is 0. The maximum atomic E-state index is 5.99. The van der Waals surface area contributed by atoms with Crippen molar-refractivity contribution in [3.63, 3.8) is 0 Å². The lowest BCUT2D eigenvalue weighted by atomic mass is 9.87. The van der Waals surface area contributed by atoms with Gasteiger partial charge in [0, 0.05) is 11.1 Å². The fourth-order valence-corrected chi connectivity index (χ4v) is 2.28. The molecule has 0 heterocycles. The summed E-state index contributed by atoms with van der Waals surface area (Å²) in [7, 11) is 4.24. The van der Waals surface area contributed by atoms with Crippen molar-refractivity contribution in [3.05, 3.63) is 29.8 Å². The molecule has 0 aliphatic heterocycles. The number of para-hydroxylation sites is 1. The average Bonchev–Trinajstić information content (AvgIpc) is 2.36. The molecule has 1 unspecified atom stereocenters. The minimum absolute atomic E-state index is 0.00749. The van der Waals surface area contributed by atoms with Crippen LogP contribution >= 0.6 is 0 Å². The van der Waals surface area contributed by atoms with Crippen molar-refractivity contribution in [1.82, 2.24) is 10.2 Å². The Morgan fingerprint density at radius 1 is 1.20 bits per heavy atom. The van der Waals surface area contributed by atoms with Crippen molar-refractivity contribution in [2.75, 3.05) is 20.6 Å². The highest BCUT2D eigenvalue weighted by atomic mass is 16.5. The van der Waals surface area contributed by atoms with Gasteiger partial charge < -0.3 is 15.0 Å². The van der Waals surface area contributed by atoms with E-state index in [2.05, 4.69) is 77.1 Å². The lowest BCUT2D eigenvalue weighted by molar-refractivity contribution is 0.134. The molecule has 1 rings (SSSR count). The first kappa shape index (κ1) is 17.0. The Bertz CT molecular complexity index is 413. The van der Waals surface area contributed by atoms with Gasteiger partial charge in [0.1, 0.15) is 5.75 Å². The number of nitrogens with one attached hydrogen (secondary N) is 1. The SMILES string of the molecule is CCNC(c1ccccc1OC(C)C)C(C)(C)N(C)C. The van der Waals surface area contributed by atoms with E-state index in [9.17, 15) is 0 Å². The van der Waals surface area contributed by atoms with E-state index in [1.807, 2.05) is 6.07 Å². The van der Waals surface area contributed by atoms with E-state index in [4.69, 9.17) is 4.74 Å². The van der Waals surface area contributed by atoms with Crippen LogP contribution in [-0.4, -0.2) is 37.2 Å². The third kappa shape index (κ3) is 3.97. The largest absolute Gasteiger partial charge is 0.491 e. The topological polar surface area (TPSA) is 24.5 Å². The van der Waals surface area contributed by atoms with Crippen LogP contribution in [-0.2, 0) is 0 Å². The number of likely N-dealkylation sites (N-methyl/N-ethyl adjacent to an activating group) is 2. The van der Waals surface area contributed by atoms with Crippen LogP contribution in [0.2, 0.25) is 0 Å². The van der Waals surface area contributed by atoms with E-state index in [0.29, 0.717) is 0 Å². The number of rotatable bonds is 7. The van der Waals surface area contributed by atoms with E-state index in [1.165, 1.54) is 5.56 Å². The molecule has 0 saturated carbocycles. The van der Waals surface area contributed by atoms with Gasteiger partial charge in [-0.15, -0.1) is 0 Å². The van der Waals surface area contributed by atoms with Crippen molar-refractivity contribution in [3.8, 4) is 5.75 Å². The van der Waals surface area contributed by atoms with Crippen LogP contribution in [0.15, 0.2) is 24.3 Å². The maximum Gasteiger partial charge on any atom is 0.124 e. The molecule has 0 saturated heterocycles. The number of nitrogens with zero attached hydrogens (tertiary/aromatic N) is 1. The Morgan fingerprint density at radius 2 is 1.80 bits per heavy atom. The minimum Gasteiger partial charge on any atom is -0.491 e. The molecule has 0 bridgehead atoms. The fourth-order valence-electron chi connectivity index (χ4n) is 2.28. The summed E-state index contributed by atoms with van der Waals surface area (Å²) in [6.07, 6.45) is 0.181. The molecule has 1 aromatic carbocycles. The third-order valence-electron chi connectivity index (χ3n) is 3.86. The molecule has 1 N–H and O–H groups in total. The predicted octanol–water partition coefficient (Wildman–Crippen LogP) is 3.46. The Labute approximate surface area is 124 Å². The van der Waals surface area contributed by atoms with Crippen LogP contribution in [0.1, 0.15) is 46.2 Å². The first-order chi connectivity index (χ1) is 9.30. The molecule has 0 amide bonds. The Morgan fingerprint density at radius 3 is 2.30 bits per heavy atom. The van der Waals surface area contributed by atoms with Crippen molar-refractivity contribution in [2.45, 2.75) is 52.3 Å². The molecule has 3 heteroatoms. The van der Waals surface area contributed by atoms with Crippen molar-refractivity contribution >= 4 is 0 Å². The summed E-state index contributed by atoms with van der Waals surface area (Å²) in [5.41, 5.74) is 1.22. The molecular formula is C17H30N2O. The molecule has 0 aliphatic carbocycles. The third-order valence-corrected chi connectivity index (χ3v) is 3.86. The second-order valence-corrected chi connectivity index (χ2v) is 6.24. The van der Waals surface area contributed by atoms with Gasteiger partial charge in [0.2, 0.25) is 0 Å². The van der Waals surface area contributed by atoms with E-state index in [0.717, 1.165) is 12.3 Å². The molecule has 0 aliphatic rings. The fraction of sp³-hybridized carbons (Fsp3) is 0.647. The number of hydrogen-bond donors (Lipinski definition) is 1. The normalized spacial score (nSPS) is 13.8. The Balaban J connectivity index is 3.21. The first-order valence-corrected chi connectivity index (χ1v) is 7.47. The molecule has 1 aromatic rings. The number of ether oxygens (including phenoxy) is 1. The van der Waals surface area contributed by atoms with Gasteiger partial charge in [-0.05, 0) is 54.4 Å². The average molecular weight is 278 g/mol. The van der Waals surface area contributed by atoms with Gasteiger partial charge >= 0.3 is 0 Å². The minimum atomic E-state index is -0.00749. The zero-order valence-corrected chi connectivity index (χ0v) is 14.0. The van der Waals surface area contributed by atoms with Gasteiger partial charge in [-0.25, -0.2) is 0 Å². The molecule has 1 atom stereocenters. The van der Waals surface area contributed by atoms with E-state index in [-0.39, 0.29) is 17.7 Å². The summed E-state index contributed by atoms with van der Waals surface area (Å²) in [5, 5.41) is 3.61. The molecular weight excluding hydrogens is 248 g/mol. The standard InChI is InChI=1S/C17H30N2O/c1-8-18-16(17(4,5)19(6)7)14-11-9-10-12-15(14)20-13(2)3/h9-13,16,18H,8H2,1-7H3. The molecule has 0 aromatic heterocycles. The molecule has 3 nitrogen and oxygen atoms in total. The summed E-state index contributed by atoms with van der Waals surface area (Å²) in [4.78, 5) is 2.26. The van der Waals surface area contributed by atoms with Gasteiger partial charge in [-0.2, -0.15) is 0 Å². The Hall–Kier alpha value is -1.06. The molecule has 0 radical (unpaired) electrons. The molecule has 114 valence electrons. The maximum absolute atomic E-state index is 5.99. The molecule has 20 heavy (non-hydrogen) atoms. The van der Waals surface area contributed by atoms with Crippen LogP contribution in [0.5, 0.6) is 5.75 Å². The quantitative estimate of drug-likeness (QED) is 0.826. The van der Waals surface area contributed by atoms with E-state index >= 15 is 0 Å². The summed E-state index contributed by atoms with van der Waals surface area (Å²) in [5.74, 6) is 0.975. The van der Waals surface area contributed by atoms with Crippen LogP contribution in [0.3, 0.4) is 0 Å². The summed E-state index contributed by atoms with van der Waals surface area (Å²) < 4.78 is 5.99. The van der Waals surface area contributed by atoms with Crippen LogP contribution in [0, 0.1) is 0 Å². The van der Waals surface area contributed by atoms with Gasteiger partial charge in [-0.1, -0.05) is 25.1 Å². The first-order valence-electron chi connectivity index (χ1n) is 7.47. The van der Waals surface area contributed by atoms with Crippen molar-refractivity contribution in [2.24, 2.45) is 0 Å². The highest BCUT2D eigenvalue weighted by molar-refractivity contribution is 5.38. The lowest BCUT2D eigenvalue weighted by Gasteiger charge is -2.41. The molecule has 0 spiro atoms. The van der Waals surface area contributed by atoms with Gasteiger partial charge in [-0.3, -0.25) is 0 Å². The van der Waals surface area contributed by atoms with Gasteiger partial charge in [0.05, 0.1) is 12.1 Å². The zero-order valence-electron chi connectivity index (χ0n) is 14.0. The second-order valence-electron chi connectivity index (χ2n) is 6.24. The van der Waals surface area contributed by atoms with E-state index < -0.39 is 0 Å². The monoisotopic (exact) mass is 278 g/mol. The summed E-state index contributed by atoms with van der Waals surface area (Å²) in [6.45, 7) is 11.7. The van der Waals surface area contributed by atoms with Crippen molar-refractivity contribution < 1.29 is 4.74 Å². The predicted molar refractivity (Wildman–Crippen MR) is 86.4 cm³/mol. The van der Waals surface area contributed by atoms with Crippen LogP contribution in [0.4, 0.5) is 0 Å². The molecule has 0 fully saturated rings. The lowest BCUT2D eigenvalue weighted by Crippen LogP contribution is -2.49. The highest BCUT2D eigenvalue weighted by Crippen LogP contribution is 2.35. The van der Waals surface area contributed by atoms with E-state index in [1.54, 1.807) is 0 Å². The highest BCUT2D eigenvalue weighted by Gasteiger charge is 2.34. The second kappa shape index (κ2) is 7.09. The number of benzene rings is 1. The van der Waals surface area contributed by atoms with Crippen molar-refractivity contribution in [1.29, 1.82) is 0 Å². The summed E-state index contributed by atoms with van der Waals surface area (Å²) in [6, 6.07) is 8.56. The Kier molecular flexibility index (Phi) is 6.03. The number of hydrogen-bond acceptors (Lipinski definition) is 3.